The minimum atomic E-state index is -0.340. The number of nitrogens with one attached hydrogen (secondary N) is 1. The zero-order chi connectivity index (χ0) is 18.1. The van der Waals surface area contributed by atoms with E-state index in [2.05, 4.69) is 15.3 Å². The van der Waals surface area contributed by atoms with Gasteiger partial charge in [0.2, 0.25) is 5.16 Å². The van der Waals surface area contributed by atoms with Crippen LogP contribution in [0.25, 0.3) is 16.8 Å². The molecule has 0 unspecified atom stereocenters. The Balaban J connectivity index is 1.71. The van der Waals surface area contributed by atoms with E-state index in [1.54, 1.807) is 18.2 Å². The average molecular weight is 387 g/mol. The third kappa shape index (κ3) is 3.23. The van der Waals surface area contributed by atoms with Crippen LogP contribution in [-0.2, 0) is 5.75 Å². The van der Waals surface area contributed by atoms with E-state index in [9.17, 15) is 9.18 Å². The molecular formula is C18H12ClFN4OS. The molecule has 0 aliphatic rings. The van der Waals surface area contributed by atoms with Crippen LogP contribution in [0.15, 0.2) is 64.5 Å². The van der Waals surface area contributed by atoms with E-state index in [0.717, 1.165) is 11.1 Å². The van der Waals surface area contributed by atoms with Crippen molar-refractivity contribution < 1.29 is 4.39 Å². The van der Waals surface area contributed by atoms with Gasteiger partial charge in [-0.05, 0) is 42.0 Å². The SMILES string of the molecule is O=c1[nH]nc(SCc2ccccc2Cl)n2nc(-c3ccc(F)cc3)cc12. The Labute approximate surface area is 156 Å². The van der Waals surface area contributed by atoms with E-state index in [-0.39, 0.29) is 11.4 Å². The molecule has 0 atom stereocenters. The van der Waals surface area contributed by atoms with Crippen molar-refractivity contribution in [2.24, 2.45) is 0 Å². The molecule has 0 spiro atoms. The number of aromatic nitrogens is 4. The molecule has 130 valence electrons. The average Bonchev–Trinajstić information content (AvgIpc) is 3.09. The van der Waals surface area contributed by atoms with Gasteiger partial charge in [0.1, 0.15) is 11.3 Å². The Bertz CT molecular complexity index is 1140. The van der Waals surface area contributed by atoms with Crippen LogP contribution in [-0.4, -0.2) is 19.8 Å². The smallest absolute Gasteiger partial charge is 0.266 e. The molecule has 5 nitrogen and oxygen atoms in total. The summed E-state index contributed by atoms with van der Waals surface area (Å²) in [6.45, 7) is 0. The van der Waals surface area contributed by atoms with E-state index in [1.807, 2.05) is 24.3 Å². The predicted molar refractivity (Wildman–Crippen MR) is 100 cm³/mol. The van der Waals surface area contributed by atoms with Gasteiger partial charge < -0.3 is 0 Å². The van der Waals surface area contributed by atoms with Crippen molar-refractivity contribution >= 4 is 28.9 Å². The Morgan fingerprint density at radius 2 is 1.92 bits per heavy atom. The Morgan fingerprint density at radius 3 is 2.69 bits per heavy atom. The van der Waals surface area contributed by atoms with Gasteiger partial charge in [-0.25, -0.2) is 14.0 Å². The van der Waals surface area contributed by atoms with E-state index >= 15 is 0 Å². The first-order valence-corrected chi connectivity index (χ1v) is 9.09. The number of hydrogen-bond donors (Lipinski definition) is 1. The molecule has 2 heterocycles. The molecule has 0 saturated heterocycles. The highest BCUT2D eigenvalue weighted by atomic mass is 35.5. The number of benzene rings is 2. The fraction of sp³-hybridized carbons (Fsp3) is 0.0556. The molecular weight excluding hydrogens is 375 g/mol. The maximum atomic E-state index is 13.1. The van der Waals surface area contributed by atoms with Gasteiger partial charge in [0.25, 0.3) is 5.56 Å². The maximum absolute atomic E-state index is 13.1. The lowest BCUT2D eigenvalue weighted by Crippen LogP contribution is -2.13. The minimum absolute atomic E-state index is 0.326. The van der Waals surface area contributed by atoms with Crippen LogP contribution in [0.2, 0.25) is 5.02 Å². The Hall–Kier alpha value is -2.64. The lowest BCUT2D eigenvalue weighted by Gasteiger charge is -2.04. The summed E-state index contributed by atoms with van der Waals surface area (Å²) >= 11 is 7.60. The summed E-state index contributed by atoms with van der Waals surface area (Å²) in [6, 6.07) is 15.2. The predicted octanol–water partition coefficient (Wildman–Crippen LogP) is 4.17. The molecule has 1 N–H and O–H groups in total. The lowest BCUT2D eigenvalue weighted by molar-refractivity contribution is 0.628. The molecule has 0 fully saturated rings. The highest BCUT2D eigenvalue weighted by molar-refractivity contribution is 7.98. The van der Waals surface area contributed by atoms with Gasteiger partial charge in [-0.2, -0.15) is 5.10 Å². The Kier molecular flexibility index (Phi) is 4.48. The molecule has 2 aromatic carbocycles. The minimum Gasteiger partial charge on any atom is -0.266 e. The molecule has 0 saturated carbocycles. The van der Waals surface area contributed by atoms with Crippen molar-refractivity contribution in [3.63, 3.8) is 0 Å². The first kappa shape index (κ1) is 16.8. The molecule has 2 aromatic heterocycles. The van der Waals surface area contributed by atoms with Crippen molar-refractivity contribution in [2.75, 3.05) is 0 Å². The number of nitrogens with zero attached hydrogens (tertiary/aromatic N) is 3. The molecule has 0 radical (unpaired) electrons. The summed E-state index contributed by atoms with van der Waals surface area (Å²) < 4.78 is 14.6. The van der Waals surface area contributed by atoms with Crippen molar-refractivity contribution in [3.05, 3.63) is 81.4 Å². The van der Waals surface area contributed by atoms with Crippen molar-refractivity contribution in [3.8, 4) is 11.3 Å². The molecule has 0 bridgehead atoms. The highest BCUT2D eigenvalue weighted by Gasteiger charge is 2.13. The monoisotopic (exact) mass is 386 g/mol. The van der Waals surface area contributed by atoms with Crippen LogP contribution < -0.4 is 5.56 Å². The fourth-order valence-corrected chi connectivity index (χ4v) is 3.69. The second kappa shape index (κ2) is 6.93. The maximum Gasteiger partial charge on any atom is 0.290 e. The highest BCUT2D eigenvalue weighted by Crippen LogP contribution is 2.26. The van der Waals surface area contributed by atoms with Crippen molar-refractivity contribution in [1.82, 2.24) is 19.8 Å². The number of aromatic amines is 1. The number of rotatable bonds is 4. The molecule has 26 heavy (non-hydrogen) atoms. The van der Waals surface area contributed by atoms with E-state index < -0.39 is 0 Å². The second-order valence-corrected chi connectivity index (χ2v) is 6.90. The van der Waals surface area contributed by atoms with Gasteiger partial charge in [0, 0.05) is 16.3 Å². The zero-order valence-electron chi connectivity index (χ0n) is 13.3. The normalized spacial score (nSPS) is 11.2. The Morgan fingerprint density at radius 1 is 1.15 bits per heavy atom. The summed E-state index contributed by atoms with van der Waals surface area (Å²) in [7, 11) is 0. The van der Waals surface area contributed by atoms with Crippen LogP contribution in [0.1, 0.15) is 5.56 Å². The number of hydrogen-bond acceptors (Lipinski definition) is 4. The summed E-state index contributed by atoms with van der Waals surface area (Å²) in [5.74, 6) is 0.257. The van der Waals surface area contributed by atoms with E-state index in [0.29, 0.717) is 27.1 Å². The van der Waals surface area contributed by atoms with E-state index in [1.165, 1.54) is 28.4 Å². The molecule has 4 rings (SSSR count). The van der Waals surface area contributed by atoms with Gasteiger partial charge in [0.15, 0.2) is 0 Å². The molecule has 0 aliphatic carbocycles. The van der Waals surface area contributed by atoms with E-state index in [4.69, 9.17) is 11.6 Å². The van der Waals surface area contributed by atoms with Gasteiger partial charge in [0.05, 0.1) is 5.69 Å². The first-order valence-electron chi connectivity index (χ1n) is 7.72. The van der Waals surface area contributed by atoms with Crippen LogP contribution in [0.5, 0.6) is 0 Å². The summed E-state index contributed by atoms with van der Waals surface area (Å²) in [4.78, 5) is 12.1. The quantitative estimate of drug-likeness (QED) is 0.535. The summed E-state index contributed by atoms with van der Waals surface area (Å²) in [5, 5.41) is 12.3. The lowest BCUT2D eigenvalue weighted by atomic mass is 10.1. The van der Waals surface area contributed by atoms with Crippen molar-refractivity contribution in [2.45, 2.75) is 10.9 Å². The topological polar surface area (TPSA) is 63.0 Å². The molecule has 4 aromatic rings. The second-order valence-electron chi connectivity index (χ2n) is 5.55. The largest absolute Gasteiger partial charge is 0.290 e. The van der Waals surface area contributed by atoms with Crippen molar-refractivity contribution in [1.29, 1.82) is 0 Å². The summed E-state index contributed by atoms with van der Waals surface area (Å²) in [5.41, 5.74) is 2.29. The van der Waals surface area contributed by atoms with Gasteiger partial charge in [-0.1, -0.05) is 41.6 Å². The number of fused-ring (bicyclic) bond motifs is 1. The molecule has 0 aliphatic heterocycles. The first-order chi connectivity index (χ1) is 12.6. The van der Waals surface area contributed by atoms with Crippen LogP contribution in [0.3, 0.4) is 0 Å². The molecule has 8 heteroatoms. The number of H-pyrrole nitrogens is 1. The van der Waals surface area contributed by atoms with Crippen LogP contribution >= 0.6 is 23.4 Å². The number of thioether (sulfide) groups is 1. The third-order valence-electron chi connectivity index (χ3n) is 3.83. The summed E-state index contributed by atoms with van der Waals surface area (Å²) in [6.07, 6.45) is 0. The van der Waals surface area contributed by atoms with Gasteiger partial charge in [-0.3, -0.25) is 4.79 Å². The fourth-order valence-electron chi connectivity index (χ4n) is 2.50. The third-order valence-corrected chi connectivity index (χ3v) is 5.18. The number of halogens is 2. The zero-order valence-corrected chi connectivity index (χ0v) is 14.9. The van der Waals surface area contributed by atoms with Crippen LogP contribution in [0, 0.1) is 5.82 Å². The van der Waals surface area contributed by atoms with Gasteiger partial charge >= 0.3 is 0 Å². The standard InChI is InChI=1S/C18H12ClFN4OS/c19-14-4-2-1-3-12(14)10-26-18-22-21-17(25)16-9-15(23-24(16)18)11-5-7-13(20)8-6-11/h1-9H,10H2,(H,21,25). The van der Waals surface area contributed by atoms with Crippen LogP contribution in [0.4, 0.5) is 4.39 Å². The molecule has 0 amide bonds. The van der Waals surface area contributed by atoms with Gasteiger partial charge in [-0.15, -0.1) is 5.10 Å².